The van der Waals surface area contributed by atoms with Crippen LogP contribution in [0.15, 0.2) is 33.3 Å². The third-order valence-electron chi connectivity index (χ3n) is 2.68. The second kappa shape index (κ2) is 5.87. The van der Waals surface area contributed by atoms with Gasteiger partial charge in [-0.25, -0.2) is 4.98 Å². The summed E-state index contributed by atoms with van der Waals surface area (Å²) in [5.74, 6) is 1.27. The summed E-state index contributed by atoms with van der Waals surface area (Å²) in [4.78, 5) is 4.06. The van der Waals surface area contributed by atoms with Crippen LogP contribution in [0.2, 0.25) is 0 Å². The highest BCUT2D eigenvalue weighted by atomic mass is 79.9. The van der Waals surface area contributed by atoms with Gasteiger partial charge in [-0.1, -0.05) is 6.92 Å². The van der Waals surface area contributed by atoms with E-state index in [1.807, 2.05) is 6.92 Å². The van der Waals surface area contributed by atoms with Crippen molar-refractivity contribution in [3.63, 3.8) is 0 Å². The predicted octanol–water partition coefficient (Wildman–Crippen LogP) is 4.63. The lowest BCUT2D eigenvalue weighted by atomic mass is 10.2. The van der Waals surface area contributed by atoms with E-state index < -0.39 is 11.7 Å². The molecule has 0 amide bonds. The zero-order valence-electron chi connectivity index (χ0n) is 10.6. The van der Waals surface area contributed by atoms with Crippen molar-refractivity contribution in [2.75, 3.05) is 5.32 Å². The molecule has 0 aliphatic carbocycles. The maximum atomic E-state index is 12.5. The Balaban J connectivity index is 2.06. The number of anilines is 1. The molecule has 108 valence electrons. The van der Waals surface area contributed by atoms with Crippen molar-refractivity contribution < 1.29 is 17.6 Å². The number of rotatable bonds is 4. The summed E-state index contributed by atoms with van der Waals surface area (Å²) in [6, 6.07) is 3.44. The number of alkyl halides is 3. The molecule has 0 fully saturated rings. The predicted molar refractivity (Wildman–Crippen MR) is 72.4 cm³/mol. The molecule has 1 N–H and O–H groups in total. The molecule has 0 aliphatic rings. The van der Waals surface area contributed by atoms with Gasteiger partial charge in [-0.15, -0.1) is 0 Å². The van der Waals surface area contributed by atoms with E-state index in [-0.39, 0.29) is 0 Å². The number of halogens is 4. The van der Waals surface area contributed by atoms with Gasteiger partial charge in [-0.3, -0.25) is 0 Å². The molecule has 1 aromatic heterocycles. The normalized spacial score (nSPS) is 11.7. The van der Waals surface area contributed by atoms with E-state index in [9.17, 15) is 13.2 Å². The van der Waals surface area contributed by atoms with Crippen molar-refractivity contribution >= 4 is 21.6 Å². The van der Waals surface area contributed by atoms with Crippen molar-refractivity contribution in [2.45, 2.75) is 26.1 Å². The number of benzene rings is 1. The molecule has 2 rings (SSSR count). The number of aromatic nitrogens is 1. The van der Waals surface area contributed by atoms with E-state index in [4.69, 9.17) is 4.42 Å². The molecule has 1 aromatic carbocycles. The molecule has 0 saturated heterocycles. The first-order valence-corrected chi connectivity index (χ1v) is 6.73. The lowest BCUT2D eigenvalue weighted by Crippen LogP contribution is -2.06. The van der Waals surface area contributed by atoms with Crippen molar-refractivity contribution in [3.8, 4) is 0 Å². The van der Waals surface area contributed by atoms with Gasteiger partial charge in [0.2, 0.25) is 5.89 Å². The molecule has 0 bridgehead atoms. The monoisotopic (exact) mass is 348 g/mol. The van der Waals surface area contributed by atoms with Gasteiger partial charge in [0.25, 0.3) is 0 Å². The zero-order chi connectivity index (χ0) is 14.8. The molecule has 0 unspecified atom stereocenters. The second-order valence-electron chi connectivity index (χ2n) is 4.12. The minimum atomic E-state index is -4.35. The standard InChI is InChI=1S/C13H12BrF3N2O/c1-2-9-6-19-12(20-9)7-18-11-4-3-8(5-10(11)14)13(15,16)17/h3-6,18H,2,7H2,1H3. The fourth-order valence-corrected chi connectivity index (χ4v) is 2.12. The molecule has 2 aromatic rings. The lowest BCUT2D eigenvalue weighted by Gasteiger charge is -2.11. The maximum absolute atomic E-state index is 12.5. The van der Waals surface area contributed by atoms with E-state index in [1.54, 1.807) is 6.20 Å². The van der Waals surface area contributed by atoms with Crippen molar-refractivity contribution in [1.29, 1.82) is 0 Å². The second-order valence-corrected chi connectivity index (χ2v) is 4.97. The summed E-state index contributed by atoms with van der Waals surface area (Å²) in [5, 5.41) is 2.97. The highest BCUT2D eigenvalue weighted by molar-refractivity contribution is 9.10. The molecule has 20 heavy (non-hydrogen) atoms. The Morgan fingerprint density at radius 1 is 1.35 bits per heavy atom. The number of nitrogens with zero attached hydrogens (tertiary/aromatic N) is 1. The summed E-state index contributed by atoms with van der Waals surface area (Å²) in [6.45, 7) is 2.26. The molecule has 0 aliphatic heterocycles. The van der Waals surface area contributed by atoms with Gasteiger partial charge < -0.3 is 9.73 Å². The van der Waals surface area contributed by atoms with Crippen LogP contribution in [0, 0.1) is 0 Å². The summed E-state index contributed by atoms with van der Waals surface area (Å²) >= 11 is 3.12. The summed E-state index contributed by atoms with van der Waals surface area (Å²) in [5.41, 5.74) is -0.145. The highest BCUT2D eigenvalue weighted by Gasteiger charge is 2.30. The Labute approximate surface area is 122 Å². The van der Waals surface area contributed by atoms with Crippen LogP contribution in [0.5, 0.6) is 0 Å². The maximum Gasteiger partial charge on any atom is 0.416 e. The molecule has 0 spiro atoms. The van der Waals surface area contributed by atoms with Crippen molar-refractivity contribution in [3.05, 3.63) is 46.1 Å². The number of aryl methyl sites for hydroxylation is 1. The fraction of sp³-hybridized carbons (Fsp3) is 0.308. The van der Waals surface area contributed by atoms with Crippen LogP contribution in [-0.4, -0.2) is 4.98 Å². The van der Waals surface area contributed by atoms with E-state index in [0.717, 1.165) is 24.3 Å². The molecule has 1 heterocycles. The molecular weight excluding hydrogens is 337 g/mol. The Morgan fingerprint density at radius 2 is 2.10 bits per heavy atom. The number of oxazole rings is 1. The number of hydrogen-bond donors (Lipinski definition) is 1. The van der Waals surface area contributed by atoms with Gasteiger partial charge in [-0.05, 0) is 34.1 Å². The zero-order valence-corrected chi connectivity index (χ0v) is 12.2. The largest absolute Gasteiger partial charge is 0.444 e. The molecule has 0 saturated carbocycles. The highest BCUT2D eigenvalue weighted by Crippen LogP contribution is 2.34. The first-order valence-electron chi connectivity index (χ1n) is 5.94. The first-order chi connectivity index (χ1) is 9.40. The SMILES string of the molecule is CCc1cnc(CNc2ccc(C(F)(F)F)cc2Br)o1. The van der Waals surface area contributed by atoms with Crippen LogP contribution in [0.25, 0.3) is 0 Å². The summed E-state index contributed by atoms with van der Waals surface area (Å²) in [7, 11) is 0. The van der Waals surface area contributed by atoms with Crippen LogP contribution in [-0.2, 0) is 19.1 Å². The van der Waals surface area contributed by atoms with E-state index >= 15 is 0 Å². The first kappa shape index (κ1) is 14.9. The van der Waals surface area contributed by atoms with Gasteiger partial charge in [0.1, 0.15) is 5.76 Å². The van der Waals surface area contributed by atoms with Crippen molar-refractivity contribution in [2.24, 2.45) is 0 Å². The van der Waals surface area contributed by atoms with Crippen molar-refractivity contribution in [1.82, 2.24) is 4.98 Å². The lowest BCUT2D eigenvalue weighted by molar-refractivity contribution is -0.137. The molecular formula is C13H12BrF3N2O. The molecule has 3 nitrogen and oxygen atoms in total. The number of hydrogen-bond acceptors (Lipinski definition) is 3. The Kier molecular flexibility index (Phi) is 4.37. The summed E-state index contributed by atoms with van der Waals surface area (Å²) in [6.07, 6.45) is -1.96. The third-order valence-corrected chi connectivity index (χ3v) is 3.33. The smallest absolute Gasteiger partial charge is 0.416 e. The molecule has 0 radical (unpaired) electrons. The summed E-state index contributed by atoms with van der Waals surface area (Å²) < 4.78 is 43.3. The molecule has 7 heteroatoms. The average molecular weight is 349 g/mol. The van der Waals surface area contributed by atoms with E-state index in [0.29, 0.717) is 22.6 Å². The van der Waals surface area contributed by atoms with Crippen LogP contribution in [0.3, 0.4) is 0 Å². The van der Waals surface area contributed by atoms with Gasteiger partial charge in [0.15, 0.2) is 0 Å². The van der Waals surface area contributed by atoms with Crippen LogP contribution >= 0.6 is 15.9 Å². The Hall–Kier alpha value is -1.50. The van der Waals surface area contributed by atoms with Crippen LogP contribution < -0.4 is 5.32 Å². The Morgan fingerprint density at radius 3 is 2.65 bits per heavy atom. The van der Waals surface area contributed by atoms with Crippen LogP contribution in [0.4, 0.5) is 18.9 Å². The van der Waals surface area contributed by atoms with Gasteiger partial charge >= 0.3 is 6.18 Å². The average Bonchev–Trinajstić information content (AvgIpc) is 2.84. The van der Waals surface area contributed by atoms with Gasteiger partial charge in [-0.2, -0.15) is 13.2 Å². The Bertz CT molecular complexity index is 596. The molecule has 0 atom stereocenters. The minimum absolute atomic E-state index is 0.309. The fourth-order valence-electron chi connectivity index (χ4n) is 1.60. The van der Waals surface area contributed by atoms with E-state index in [1.165, 1.54) is 6.07 Å². The van der Waals surface area contributed by atoms with Crippen LogP contribution in [0.1, 0.15) is 24.1 Å². The topological polar surface area (TPSA) is 38.1 Å². The minimum Gasteiger partial charge on any atom is -0.444 e. The van der Waals surface area contributed by atoms with E-state index in [2.05, 4.69) is 26.2 Å². The number of nitrogens with one attached hydrogen (secondary N) is 1. The van der Waals surface area contributed by atoms with Gasteiger partial charge in [0.05, 0.1) is 18.3 Å². The third kappa shape index (κ3) is 3.53. The van der Waals surface area contributed by atoms with Gasteiger partial charge in [0, 0.05) is 16.6 Å². The quantitative estimate of drug-likeness (QED) is 0.875.